The quantitative estimate of drug-likeness (QED) is 0.588. The number of hydrogen-bond donors (Lipinski definition) is 2. The van der Waals surface area contributed by atoms with Crippen LogP contribution in [0.15, 0.2) is 36.5 Å². The highest BCUT2D eigenvalue weighted by Crippen LogP contribution is 2.37. The number of hydrogen-bond acceptors (Lipinski definition) is 5. The van der Waals surface area contributed by atoms with Gasteiger partial charge in [0.2, 0.25) is 5.88 Å². The van der Waals surface area contributed by atoms with Gasteiger partial charge in [-0.1, -0.05) is 12.1 Å². The van der Waals surface area contributed by atoms with Crippen molar-refractivity contribution in [3.05, 3.63) is 58.9 Å². The normalized spacial score (nSPS) is 19.6. The standard InChI is InChI=1S/C24H29N3O4/c1-4-31-18-10-12-27(21(13-18)16-5-7-17(8-6-16)24(28)29)14-20-19-9-11-25-22(19)15(2)26-23(20)30-3/h5-9,11,18,21,25H,4,10,12-14H2,1-3H3,(H,28,29)/t18-,21-/m0/s1. The SMILES string of the molecule is CCO[C@H]1CCN(Cc2c(OC)nc(C)c3[nH]ccc23)[C@H](c2ccc(C(=O)O)cc2)C1. The van der Waals surface area contributed by atoms with Gasteiger partial charge in [0.05, 0.1) is 30.0 Å². The van der Waals surface area contributed by atoms with Crippen LogP contribution < -0.4 is 4.74 Å². The lowest BCUT2D eigenvalue weighted by molar-refractivity contribution is -0.0138. The van der Waals surface area contributed by atoms with E-state index < -0.39 is 5.97 Å². The molecule has 7 heteroatoms. The number of benzene rings is 1. The Morgan fingerprint density at radius 2 is 2.06 bits per heavy atom. The third kappa shape index (κ3) is 4.29. The molecule has 3 aromatic rings. The predicted molar refractivity (Wildman–Crippen MR) is 119 cm³/mol. The van der Waals surface area contributed by atoms with Gasteiger partial charge in [-0.25, -0.2) is 9.78 Å². The molecule has 0 unspecified atom stereocenters. The first kappa shape index (κ1) is 21.3. The van der Waals surface area contributed by atoms with E-state index >= 15 is 0 Å². The van der Waals surface area contributed by atoms with Crippen LogP contribution in [0.2, 0.25) is 0 Å². The van der Waals surface area contributed by atoms with Gasteiger partial charge in [-0.15, -0.1) is 0 Å². The second-order valence-corrected chi connectivity index (χ2v) is 7.97. The second kappa shape index (κ2) is 9.08. The fourth-order valence-electron chi connectivity index (χ4n) is 4.59. The molecule has 2 N–H and O–H groups in total. The highest BCUT2D eigenvalue weighted by atomic mass is 16.5. The molecule has 2 atom stereocenters. The van der Waals surface area contributed by atoms with Crippen LogP contribution in [0.25, 0.3) is 10.9 Å². The number of aromatic amines is 1. The summed E-state index contributed by atoms with van der Waals surface area (Å²) in [7, 11) is 1.66. The zero-order valence-corrected chi connectivity index (χ0v) is 18.2. The molecule has 0 bridgehead atoms. The van der Waals surface area contributed by atoms with Crippen LogP contribution in [0, 0.1) is 6.92 Å². The van der Waals surface area contributed by atoms with Gasteiger partial charge in [-0.3, -0.25) is 4.90 Å². The maximum atomic E-state index is 11.3. The minimum absolute atomic E-state index is 0.119. The van der Waals surface area contributed by atoms with Crippen molar-refractivity contribution >= 4 is 16.9 Å². The highest BCUT2D eigenvalue weighted by molar-refractivity contribution is 5.87. The van der Waals surface area contributed by atoms with Crippen molar-refractivity contribution in [2.75, 3.05) is 20.3 Å². The fraction of sp³-hybridized carbons (Fsp3) is 0.417. The van der Waals surface area contributed by atoms with E-state index in [0.29, 0.717) is 24.6 Å². The number of nitrogens with zero attached hydrogens (tertiary/aromatic N) is 2. The first-order valence-electron chi connectivity index (χ1n) is 10.7. The average Bonchev–Trinajstić information content (AvgIpc) is 3.27. The Bertz CT molecular complexity index is 1060. The number of carboxylic acids is 1. The fourth-order valence-corrected chi connectivity index (χ4v) is 4.59. The van der Waals surface area contributed by atoms with E-state index in [9.17, 15) is 9.90 Å². The Hall–Kier alpha value is -2.90. The second-order valence-electron chi connectivity index (χ2n) is 7.97. The number of pyridine rings is 1. The van der Waals surface area contributed by atoms with Crippen molar-refractivity contribution in [1.29, 1.82) is 0 Å². The number of carbonyl (C=O) groups is 1. The van der Waals surface area contributed by atoms with E-state index in [0.717, 1.165) is 47.1 Å². The number of methoxy groups -OCH3 is 1. The van der Waals surface area contributed by atoms with E-state index in [1.165, 1.54) is 0 Å². The lowest BCUT2D eigenvalue weighted by Gasteiger charge is -2.40. The summed E-state index contributed by atoms with van der Waals surface area (Å²) in [4.78, 5) is 21.6. The third-order valence-corrected chi connectivity index (χ3v) is 6.13. The molecule has 1 aromatic carbocycles. The van der Waals surface area contributed by atoms with Crippen LogP contribution in [0.1, 0.15) is 53.0 Å². The van der Waals surface area contributed by atoms with Gasteiger partial charge in [-0.05, 0) is 50.5 Å². The average molecular weight is 424 g/mol. The monoisotopic (exact) mass is 423 g/mol. The molecule has 0 spiro atoms. The Balaban J connectivity index is 1.69. The molecule has 2 aromatic heterocycles. The molecule has 0 amide bonds. The van der Waals surface area contributed by atoms with Gasteiger partial charge in [0, 0.05) is 42.9 Å². The van der Waals surface area contributed by atoms with Crippen LogP contribution >= 0.6 is 0 Å². The number of nitrogens with one attached hydrogen (secondary N) is 1. The number of aromatic carboxylic acids is 1. The Morgan fingerprint density at radius 1 is 1.29 bits per heavy atom. The zero-order valence-electron chi connectivity index (χ0n) is 18.2. The molecule has 1 aliphatic heterocycles. The first-order valence-corrected chi connectivity index (χ1v) is 10.7. The zero-order chi connectivity index (χ0) is 22.0. The molecule has 0 radical (unpaired) electrons. The van der Waals surface area contributed by atoms with E-state index in [2.05, 4.69) is 20.9 Å². The molecular formula is C24H29N3O4. The molecule has 0 saturated carbocycles. The number of H-pyrrole nitrogens is 1. The highest BCUT2D eigenvalue weighted by Gasteiger charge is 2.31. The topological polar surface area (TPSA) is 87.7 Å². The maximum absolute atomic E-state index is 11.3. The number of likely N-dealkylation sites (tertiary alicyclic amines) is 1. The molecule has 1 aliphatic rings. The molecule has 1 fully saturated rings. The minimum Gasteiger partial charge on any atom is -0.481 e. The van der Waals surface area contributed by atoms with Gasteiger partial charge >= 0.3 is 5.97 Å². The van der Waals surface area contributed by atoms with Gasteiger partial charge in [0.25, 0.3) is 0 Å². The van der Waals surface area contributed by atoms with Crippen LogP contribution in [-0.2, 0) is 11.3 Å². The molecule has 164 valence electrons. The van der Waals surface area contributed by atoms with Crippen molar-refractivity contribution in [2.24, 2.45) is 0 Å². The van der Waals surface area contributed by atoms with Crippen molar-refractivity contribution in [2.45, 2.75) is 45.4 Å². The van der Waals surface area contributed by atoms with Crippen molar-refractivity contribution < 1.29 is 19.4 Å². The predicted octanol–water partition coefficient (Wildman–Crippen LogP) is 4.32. The van der Waals surface area contributed by atoms with E-state index in [1.807, 2.05) is 32.2 Å². The number of aryl methyl sites for hydroxylation is 1. The molecule has 3 heterocycles. The Kier molecular flexibility index (Phi) is 6.25. The minimum atomic E-state index is -0.912. The number of rotatable bonds is 7. The summed E-state index contributed by atoms with van der Waals surface area (Å²) in [5.74, 6) is -0.263. The summed E-state index contributed by atoms with van der Waals surface area (Å²) in [6.07, 6.45) is 3.94. The summed E-state index contributed by atoms with van der Waals surface area (Å²) < 4.78 is 11.6. The van der Waals surface area contributed by atoms with Gasteiger partial charge in [0.1, 0.15) is 0 Å². The number of aromatic nitrogens is 2. The number of ether oxygens (including phenoxy) is 2. The summed E-state index contributed by atoms with van der Waals surface area (Å²) >= 11 is 0. The van der Waals surface area contributed by atoms with E-state index in [1.54, 1.807) is 19.2 Å². The molecular weight excluding hydrogens is 394 g/mol. The number of carboxylic acid groups (broad SMARTS) is 1. The van der Waals surface area contributed by atoms with Crippen LogP contribution in [-0.4, -0.2) is 52.3 Å². The van der Waals surface area contributed by atoms with Gasteiger partial charge in [-0.2, -0.15) is 0 Å². The molecule has 7 nitrogen and oxygen atoms in total. The molecule has 31 heavy (non-hydrogen) atoms. The van der Waals surface area contributed by atoms with Crippen LogP contribution in [0.3, 0.4) is 0 Å². The van der Waals surface area contributed by atoms with Crippen molar-refractivity contribution in [3.63, 3.8) is 0 Å². The van der Waals surface area contributed by atoms with E-state index in [4.69, 9.17) is 9.47 Å². The summed E-state index contributed by atoms with van der Waals surface area (Å²) in [5, 5.41) is 10.4. The number of piperidine rings is 1. The third-order valence-electron chi connectivity index (χ3n) is 6.13. The van der Waals surface area contributed by atoms with Crippen molar-refractivity contribution in [3.8, 4) is 5.88 Å². The van der Waals surface area contributed by atoms with Crippen LogP contribution in [0.5, 0.6) is 5.88 Å². The van der Waals surface area contributed by atoms with E-state index in [-0.39, 0.29) is 12.1 Å². The summed E-state index contributed by atoms with van der Waals surface area (Å²) in [6, 6.07) is 9.40. The largest absolute Gasteiger partial charge is 0.481 e. The maximum Gasteiger partial charge on any atom is 0.335 e. The first-order chi connectivity index (χ1) is 15.0. The Labute approximate surface area is 182 Å². The van der Waals surface area contributed by atoms with Gasteiger partial charge in [0.15, 0.2) is 0 Å². The molecule has 0 aliphatic carbocycles. The van der Waals surface area contributed by atoms with Gasteiger partial charge < -0.3 is 19.6 Å². The van der Waals surface area contributed by atoms with Crippen LogP contribution in [0.4, 0.5) is 0 Å². The smallest absolute Gasteiger partial charge is 0.335 e. The Morgan fingerprint density at radius 3 is 2.74 bits per heavy atom. The lowest BCUT2D eigenvalue weighted by atomic mass is 9.92. The molecule has 4 rings (SSSR count). The number of fused-ring (bicyclic) bond motifs is 1. The van der Waals surface area contributed by atoms with Crippen molar-refractivity contribution in [1.82, 2.24) is 14.9 Å². The lowest BCUT2D eigenvalue weighted by Crippen LogP contribution is -2.39. The molecule has 1 saturated heterocycles. The summed E-state index contributed by atoms with van der Waals surface area (Å²) in [5.41, 5.74) is 4.40. The summed E-state index contributed by atoms with van der Waals surface area (Å²) in [6.45, 7) is 6.25.